The molecular weight excluding hydrogens is 150 g/mol. The van der Waals surface area contributed by atoms with E-state index in [1.807, 2.05) is 12.4 Å². The zero-order chi connectivity index (χ0) is 6.10. The normalized spacial score (nSPS) is 28.0. The van der Waals surface area contributed by atoms with E-state index in [2.05, 4.69) is 15.8 Å². The largest absolute Gasteiger partial charge is 0.324 e. The highest BCUT2D eigenvalue weighted by atomic mass is 35.5. The topological polar surface area (TPSA) is 36.4 Å². The number of aliphatic imine (C=N–C) groups is 1. The monoisotopic (exact) mass is 159 g/mol. The minimum Gasteiger partial charge on any atom is -0.324 e. The molecule has 2 aliphatic rings. The molecule has 4 heteroatoms. The lowest BCUT2D eigenvalue weighted by Gasteiger charge is -2.07. The van der Waals surface area contributed by atoms with Crippen molar-refractivity contribution in [3.8, 4) is 0 Å². The summed E-state index contributed by atoms with van der Waals surface area (Å²) in [5.74, 6) is 0.655. The van der Waals surface area contributed by atoms with Gasteiger partial charge in [0.05, 0.1) is 0 Å². The molecule has 0 radical (unpaired) electrons. The van der Waals surface area contributed by atoms with E-state index in [9.17, 15) is 0 Å². The number of hydrazine groups is 1. The molecule has 2 rings (SSSR count). The van der Waals surface area contributed by atoms with Crippen molar-refractivity contribution < 1.29 is 0 Å². The Labute approximate surface area is 66.0 Å². The second-order valence-electron chi connectivity index (χ2n) is 2.35. The van der Waals surface area contributed by atoms with E-state index in [4.69, 9.17) is 0 Å². The molecule has 2 N–H and O–H groups in total. The summed E-state index contributed by atoms with van der Waals surface area (Å²) >= 11 is 0. The van der Waals surface area contributed by atoms with E-state index >= 15 is 0 Å². The molecule has 2 heterocycles. The Hall–Kier alpha value is -0.540. The molecule has 0 saturated carbocycles. The summed E-state index contributed by atoms with van der Waals surface area (Å²) in [6.45, 7) is 1.04. The fraction of sp³-hybridized carbons (Fsp3) is 0.500. The van der Waals surface area contributed by atoms with Crippen LogP contribution in [0.25, 0.3) is 0 Å². The lowest BCUT2D eigenvalue weighted by atomic mass is 10.0. The van der Waals surface area contributed by atoms with Gasteiger partial charge in [0.15, 0.2) is 0 Å². The Kier molecular flexibility index (Phi) is 2.29. The highest BCUT2D eigenvalue weighted by Gasteiger charge is 2.20. The van der Waals surface area contributed by atoms with Crippen molar-refractivity contribution >= 4 is 18.6 Å². The minimum absolute atomic E-state index is 0. The number of hydrogen-bond donors (Lipinski definition) is 2. The van der Waals surface area contributed by atoms with Crippen molar-refractivity contribution in [2.45, 2.75) is 6.42 Å². The van der Waals surface area contributed by atoms with Crippen LogP contribution >= 0.6 is 12.4 Å². The highest BCUT2D eigenvalue weighted by molar-refractivity contribution is 5.85. The molecule has 0 aromatic carbocycles. The molecule has 1 saturated heterocycles. The van der Waals surface area contributed by atoms with Gasteiger partial charge in [-0.25, -0.2) is 5.43 Å². The molecule has 10 heavy (non-hydrogen) atoms. The maximum Gasteiger partial charge on any atom is 0.0492 e. The summed E-state index contributed by atoms with van der Waals surface area (Å²) in [4.78, 5) is 4.03. The van der Waals surface area contributed by atoms with Crippen LogP contribution in [0.4, 0.5) is 0 Å². The summed E-state index contributed by atoms with van der Waals surface area (Å²) in [5.41, 5.74) is 7.36. The van der Waals surface area contributed by atoms with Gasteiger partial charge in [0.1, 0.15) is 0 Å². The first-order valence-electron chi connectivity index (χ1n) is 3.17. The smallest absolute Gasteiger partial charge is 0.0492 e. The average Bonchev–Trinajstić information content (AvgIpc) is 2.33. The van der Waals surface area contributed by atoms with Crippen LogP contribution in [0.15, 0.2) is 16.9 Å². The second kappa shape index (κ2) is 3.03. The molecule has 1 unspecified atom stereocenters. The molecule has 2 aliphatic heterocycles. The summed E-state index contributed by atoms with van der Waals surface area (Å²) in [6, 6.07) is 0. The molecule has 3 nitrogen and oxygen atoms in total. The van der Waals surface area contributed by atoms with Gasteiger partial charge in [0.25, 0.3) is 0 Å². The fourth-order valence-corrected chi connectivity index (χ4v) is 1.16. The molecule has 1 atom stereocenters. The Morgan fingerprint density at radius 3 is 3.30 bits per heavy atom. The molecule has 0 bridgehead atoms. The Morgan fingerprint density at radius 1 is 1.60 bits per heavy atom. The number of fused-ring (bicyclic) bond motifs is 1. The van der Waals surface area contributed by atoms with Crippen LogP contribution in [-0.4, -0.2) is 12.8 Å². The van der Waals surface area contributed by atoms with E-state index in [0.29, 0.717) is 5.92 Å². The van der Waals surface area contributed by atoms with Gasteiger partial charge in [0.2, 0.25) is 0 Å². The fourth-order valence-electron chi connectivity index (χ4n) is 1.16. The molecule has 0 spiro atoms. The average molecular weight is 160 g/mol. The van der Waals surface area contributed by atoms with Gasteiger partial charge >= 0.3 is 0 Å². The summed E-state index contributed by atoms with van der Waals surface area (Å²) in [5, 5.41) is 0. The van der Waals surface area contributed by atoms with E-state index in [1.54, 1.807) is 0 Å². The van der Waals surface area contributed by atoms with E-state index in [0.717, 1.165) is 13.0 Å². The third-order valence-electron chi connectivity index (χ3n) is 1.73. The van der Waals surface area contributed by atoms with Gasteiger partial charge in [-0.3, -0.25) is 4.99 Å². The lowest BCUT2D eigenvalue weighted by molar-refractivity contribution is 0.666. The van der Waals surface area contributed by atoms with E-state index in [1.165, 1.54) is 5.70 Å². The van der Waals surface area contributed by atoms with Crippen molar-refractivity contribution in [2.24, 2.45) is 10.9 Å². The predicted molar refractivity (Wildman–Crippen MR) is 43.1 cm³/mol. The molecular formula is C6H10ClN3. The highest BCUT2D eigenvalue weighted by Crippen LogP contribution is 2.17. The number of nitrogens with one attached hydrogen (secondary N) is 2. The number of rotatable bonds is 0. The number of hydrogen-bond acceptors (Lipinski definition) is 3. The SMILES string of the molecule is C1=NC=C2NNCC2C1.Cl. The first kappa shape index (κ1) is 7.57. The zero-order valence-electron chi connectivity index (χ0n) is 5.50. The maximum atomic E-state index is 4.03. The molecule has 0 aliphatic carbocycles. The van der Waals surface area contributed by atoms with Crippen LogP contribution in [0.3, 0.4) is 0 Å². The third kappa shape index (κ3) is 1.15. The Bertz CT molecular complexity index is 176. The third-order valence-corrected chi connectivity index (χ3v) is 1.73. The molecule has 0 aromatic heterocycles. The first-order valence-corrected chi connectivity index (χ1v) is 3.17. The first-order chi connectivity index (χ1) is 4.47. The Balaban J connectivity index is 0.000000500. The van der Waals surface area contributed by atoms with Crippen LogP contribution in [0.1, 0.15) is 6.42 Å². The minimum atomic E-state index is 0. The number of halogens is 1. The second-order valence-corrected chi connectivity index (χ2v) is 2.35. The molecule has 56 valence electrons. The number of nitrogens with zero attached hydrogens (tertiary/aromatic N) is 1. The van der Waals surface area contributed by atoms with Crippen molar-refractivity contribution in [3.63, 3.8) is 0 Å². The molecule has 1 fully saturated rings. The summed E-state index contributed by atoms with van der Waals surface area (Å²) < 4.78 is 0. The van der Waals surface area contributed by atoms with Crippen LogP contribution in [0.2, 0.25) is 0 Å². The van der Waals surface area contributed by atoms with Gasteiger partial charge in [0, 0.05) is 30.6 Å². The van der Waals surface area contributed by atoms with Gasteiger partial charge in [-0.1, -0.05) is 0 Å². The summed E-state index contributed by atoms with van der Waals surface area (Å²) in [6.07, 6.45) is 4.92. The van der Waals surface area contributed by atoms with Crippen LogP contribution in [0, 0.1) is 5.92 Å². The van der Waals surface area contributed by atoms with Gasteiger partial charge in [-0.15, -0.1) is 12.4 Å². The van der Waals surface area contributed by atoms with Crippen molar-refractivity contribution in [1.29, 1.82) is 0 Å². The maximum absolute atomic E-state index is 4.03. The van der Waals surface area contributed by atoms with Crippen LogP contribution < -0.4 is 10.9 Å². The van der Waals surface area contributed by atoms with Gasteiger partial charge < -0.3 is 5.43 Å². The van der Waals surface area contributed by atoms with Gasteiger partial charge in [-0.2, -0.15) is 0 Å². The van der Waals surface area contributed by atoms with Crippen molar-refractivity contribution in [1.82, 2.24) is 10.9 Å². The van der Waals surface area contributed by atoms with Crippen molar-refractivity contribution in [2.75, 3.05) is 6.54 Å². The molecule has 0 aromatic rings. The van der Waals surface area contributed by atoms with Crippen LogP contribution in [0.5, 0.6) is 0 Å². The van der Waals surface area contributed by atoms with E-state index < -0.39 is 0 Å². The van der Waals surface area contributed by atoms with Gasteiger partial charge in [-0.05, 0) is 6.42 Å². The Morgan fingerprint density at radius 2 is 2.50 bits per heavy atom. The van der Waals surface area contributed by atoms with Crippen LogP contribution in [-0.2, 0) is 0 Å². The molecule has 0 amide bonds. The zero-order valence-corrected chi connectivity index (χ0v) is 6.32. The quantitative estimate of drug-likeness (QED) is 0.539. The van der Waals surface area contributed by atoms with E-state index in [-0.39, 0.29) is 12.4 Å². The lowest BCUT2D eigenvalue weighted by Crippen LogP contribution is -2.20. The van der Waals surface area contributed by atoms with Crippen molar-refractivity contribution in [3.05, 3.63) is 11.9 Å². The standard InChI is InChI=1S/C6H9N3.ClH/c1-2-7-4-6-5(1)3-8-9-6;/h2,4-5,8-9H,1,3H2;1H. The summed E-state index contributed by atoms with van der Waals surface area (Å²) in [7, 11) is 0. The predicted octanol–water partition coefficient (Wildman–Crippen LogP) is 0.448.